The van der Waals surface area contributed by atoms with Gasteiger partial charge in [0.15, 0.2) is 0 Å². The predicted octanol–water partition coefficient (Wildman–Crippen LogP) is 6.00. The van der Waals surface area contributed by atoms with Crippen LogP contribution in [0.1, 0.15) is 17.0 Å². The Morgan fingerprint density at radius 3 is 2.62 bits per heavy atom. The van der Waals surface area contributed by atoms with Gasteiger partial charge in [-0.25, -0.2) is 9.37 Å². The number of nitriles is 1. The number of rotatable bonds is 5. The number of nitrogens with one attached hydrogen (secondary N) is 1. The molecule has 0 spiro atoms. The van der Waals surface area contributed by atoms with E-state index >= 15 is 0 Å². The zero-order valence-electron chi connectivity index (χ0n) is 15.2. The van der Waals surface area contributed by atoms with Crippen LogP contribution in [0.2, 0.25) is 5.02 Å². The van der Waals surface area contributed by atoms with Gasteiger partial charge < -0.3 is 9.72 Å². The standard InChI is InChI=1S/C23H15ClFN3O/c24-19-4-3-5-20(25)18(19)14-29-17-10-8-15(9-11-17)12-16(13-26)23-27-21-6-1-2-7-22(21)28-23/h1-12H,14H2,(H,27,28)/b16-12+. The van der Waals surface area contributed by atoms with E-state index < -0.39 is 5.82 Å². The number of nitrogens with zero attached hydrogens (tertiary/aromatic N) is 2. The van der Waals surface area contributed by atoms with Gasteiger partial charge in [0.1, 0.15) is 30.1 Å². The number of halogens is 2. The summed E-state index contributed by atoms with van der Waals surface area (Å²) in [5.74, 6) is 0.688. The Morgan fingerprint density at radius 2 is 1.90 bits per heavy atom. The van der Waals surface area contributed by atoms with Crippen LogP contribution in [0.15, 0.2) is 66.7 Å². The quantitative estimate of drug-likeness (QED) is 0.416. The number of fused-ring (bicyclic) bond motifs is 1. The maximum absolute atomic E-state index is 13.8. The molecule has 0 saturated carbocycles. The maximum atomic E-state index is 13.8. The third-order valence-corrected chi connectivity index (χ3v) is 4.76. The third kappa shape index (κ3) is 4.13. The van der Waals surface area contributed by atoms with Crippen molar-refractivity contribution in [3.8, 4) is 11.8 Å². The second kappa shape index (κ2) is 8.17. The highest BCUT2D eigenvalue weighted by Crippen LogP contribution is 2.23. The van der Waals surface area contributed by atoms with E-state index in [1.54, 1.807) is 30.3 Å². The van der Waals surface area contributed by atoms with Crippen LogP contribution in [0.25, 0.3) is 22.7 Å². The van der Waals surface area contributed by atoms with Crippen LogP contribution < -0.4 is 4.74 Å². The number of H-pyrrole nitrogens is 1. The van der Waals surface area contributed by atoms with E-state index in [4.69, 9.17) is 16.3 Å². The molecule has 4 rings (SSSR count). The number of benzene rings is 3. The summed E-state index contributed by atoms with van der Waals surface area (Å²) in [6, 6.07) is 21.5. The molecule has 3 aromatic carbocycles. The summed E-state index contributed by atoms with van der Waals surface area (Å²) >= 11 is 6.01. The average molecular weight is 404 g/mol. The molecule has 0 aliphatic carbocycles. The normalized spacial score (nSPS) is 11.4. The molecule has 1 N–H and O–H groups in total. The first-order valence-electron chi connectivity index (χ1n) is 8.87. The molecule has 0 amide bonds. The van der Waals surface area contributed by atoms with Crippen molar-refractivity contribution in [1.29, 1.82) is 5.26 Å². The SMILES string of the molecule is N#C/C(=C\c1ccc(OCc2c(F)cccc2Cl)cc1)c1nc2ccccc2[nH]1. The van der Waals surface area contributed by atoms with E-state index in [1.807, 2.05) is 36.4 Å². The number of ether oxygens (including phenoxy) is 1. The van der Waals surface area contributed by atoms with Crippen LogP contribution in [0.5, 0.6) is 5.75 Å². The van der Waals surface area contributed by atoms with Crippen LogP contribution in [0.4, 0.5) is 4.39 Å². The maximum Gasteiger partial charge on any atom is 0.149 e. The number of para-hydroxylation sites is 2. The lowest BCUT2D eigenvalue weighted by atomic mass is 10.1. The molecule has 0 fully saturated rings. The van der Waals surface area contributed by atoms with Gasteiger partial charge in [-0.05, 0) is 48.0 Å². The molecule has 1 heterocycles. The highest BCUT2D eigenvalue weighted by atomic mass is 35.5. The van der Waals surface area contributed by atoms with Gasteiger partial charge in [0.2, 0.25) is 0 Å². The van der Waals surface area contributed by atoms with Crippen LogP contribution in [-0.2, 0) is 6.61 Å². The van der Waals surface area contributed by atoms with Crippen LogP contribution in [0.3, 0.4) is 0 Å². The molecule has 6 heteroatoms. The lowest BCUT2D eigenvalue weighted by Gasteiger charge is -2.09. The Morgan fingerprint density at radius 1 is 1.10 bits per heavy atom. The summed E-state index contributed by atoms with van der Waals surface area (Å²) in [5.41, 5.74) is 3.24. The number of aromatic nitrogens is 2. The largest absolute Gasteiger partial charge is 0.489 e. The van der Waals surface area contributed by atoms with Crippen LogP contribution in [-0.4, -0.2) is 9.97 Å². The molecule has 1 aromatic heterocycles. The van der Waals surface area contributed by atoms with Gasteiger partial charge in [-0.15, -0.1) is 0 Å². The zero-order valence-corrected chi connectivity index (χ0v) is 15.9. The van der Waals surface area contributed by atoms with Gasteiger partial charge >= 0.3 is 0 Å². The number of allylic oxidation sites excluding steroid dienone is 1. The van der Waals surface area contributed by atoms with Crippen molar-refractivity contribution < 1.29 is 9.13 Å². The molecule has 4 nitrogen and oxygen atoms in total. The van der Waals surface area contributed by atoms with Gasteiger partial charge in [-0.2, -0.15) is 5.26 Å². The number of imidazole rings is 1. The van der Waals surface area contributed by atoms with E-state index in [0.29, 0.717) is 27.7 Å². The van der Waals surface area contributed by atoms with Crippen molar-refractivity contribution >= 4 is 34.3 Å². The Balaban J connectivity index is 1.51. The fourth-order valence-electron chi connectivity index (χ4n) is 2.89. The third-order valence-electron chi connectivity index (χ3n) is 4.40. The van der Waals surface area contributed by atoms with Crippen LogP contribution >= 0.6 is 11.6 Å². The molecular formula is C23H15ClFN3O. The predicted molar refractivity (Wildman–Crippen MR) is 112 cm³/mol. The molecule has 0 saturated heterocycles. The van der Waals surface area contributed by atoms with Crippen molar-refractivity contribution in [3.05, 3.63) is 94.5 Å². The molecule has 0 atom stereocenters. The lowest BCUT2D eigenvalue weighted by Crippen LogP contribution is -1.99. The number of aromatic amines is 1. The van der Waals surface area contributed by atoms with E-state index in [0.717, 1.165) is 16.6 Å². The fourth-order valence-corrected chi connectivity index (χ4v) is 3.10. The minimum Gasteiger partial charge on any atom is -0.489 e. The average Bonchev–Trinajstić information content (AvgIpc) is 3.16. The Bertz CT molecular complexity index is 1190. The topological polar surface area (TPSA) is 61.7 Å². The second-order valence-corrected chi connectivity index (χ2v) is 6.74. The number of hydrogen-bond donors (Lipinski definition) is 1. The summed E-state index contributed by atoms with van der Waals surface area (Å²) in [5, 5.41) is 9.86. The van der Waals surface area contributed by atoms with Gasteiger partial charge in [0, 0.05) is 5.56 Å². The molecule has 29 heavy (non-hydrogen) atoms. The fraction of sp³-hybridized carbons (Fsp3) is 0.0435. The van der Waals surface area contributed by atoms with Crippen molar-refractivity contribution in [2.24, 2.45) is 0 Å². The first kappa shape index (κ1) is 18.7. The zero-order chi connectivity index (χ0) is 20.2. The second-order valence-electron chi connectivity index (χ2n) is 6.33. The van der Waals surface area contributed by atoms with E-state index in [2.05, 4.69) is 16.0 Å². The minimum absolute atomic E-state index is 0.0309. The van der Waals surface area contributed by atoms with Gasteiger partial charge in [0.25, 0.3) is 0 Å². The molecule has 142 valence electrons. The van der Waals surface area contributed by atoms with Crippen molar-refractivity contribution in [3.63, 3.8) is 0 Å². The molecule has 0 aliphatic rings. The smallest absolute Gasteiger partial charge is 0.149 e. The summed E-state index contributed by atoms with van der Waals surface area (Å²) in [7, 11) is 0. The molecule has 0 radical (unpaired) electrons. The van der Waals surface area contributed by atoms with Crippen LogP contribution in [0, 0.1) is 17.1 Å². The van der Waals surface area contributed by atoms with Gasteiger partial charge in [0.05, 0.1) is 21.6 Å². The number of hydrogen-bond acceptors (Lipinski definition) is 3. The highest BCUT2D eigenvalue weighted by Gasteiger charge is 2.09. The molecule has 4 aromatic rings. The highest BCUT2D eigenvalue weighted by molar-refractivity contribution is 6.31. The van der Waals surface area contributed by atoms with Crippen molar-refractivity contribution in [1.82, 2.24) is 9.97 Å². The van der Waals surface area contributed by atoms with Gasteiger partial charge in [-0.3, -0.25) is 0 Å². The Labute approximate surface area is 171 Å². The summed E-state index contributed by atoms with van der Waals surface area (Å²) < 4.78 is 19.5. The Kier molecular flexibility index (Phi) is 5.28. The van der Waals surface area contributed by atoms with Gasteiger partial charge in [-0.1, -0.05) is 41.9 Å². The van der Waals surface area contributed by atoms with Crippen molar-refractivity contribution in [2.75, 3.05) is 0 Å². The summed E-state index contributed by atoms with van der Waals surface area (Å²) in [6.07, 6.45) is 1.75. The molecule has 0 aliphatic heterocycles. The first-order valence-corrected chi connectivity index (χ1v) is 9.24. The molecule has 0 unspecified atom stereocenters. The first-order chi connectivity index (χ1) is 14.1. The lowest BCUT2D eigenvalue weighted by molar-refractivity contribution is 0.300. The summed E-state index contributed by atoms with van der Waals surface area (Å²) in [4.78, 5) is 7.61. The monoisotopic (exact) mass is 403 g/mol. The van der Waals surface area contributed by atoms with E-state index in [-0.39, 0.29) is 6.61 Å². The van der Waals surface area contributed by atoms with E-state index in [1.165, 1.54) is 6.07 Å². The Hall–Kier alpha value is -3.62. The van der Waals surface area contributed by atoms with E-state index in [9.17, 15) is 9.65 Å². The summed E-state index contributed by atoms with van der Waals surface area (Å²) in [6.45, 7) is 0.0309. The van der Waals surface area contributed by atoms with Crippen molar-refractivity contribution in [2.45, 2.75) is 6.61 Å². The molecular weight excluding hydrogens is 389 g/mol. The molecule has 0 bridgehead atoms. The minimum atomic E-state index is -0.401.